The Balaban J connectivity index is 2.90. The SMILES string of the molecule is COC(=O)c1cc(/C(C=N)=C/N)cc2c1c(C)nn2C(C)C. The van der Waals surface area contributed by atoms with Crippen molar-refractivity contribution < 1.29 is 9.53 Å². The number of fused-ring (bicyclic) bond motifs is 1. The van der Waals surface area contributed by atoms with E-state index in [1.807, 2.05) is 31.5 Å². The number of benzene rings is 1. The summed E-state index contributed by atoms with van der Waals surface area (Å²) in [5, 5.41) is 12.7. The van der Waals surface area contributed by atoms with Crippen LogP contribution in [0.25, 0.3) is 16.5 Å². The van der Waals surface area contributed by atoms with Crippen molar-refractivity contribution in [2.24, 2.45) is 5.73 Å². The minimum Gasteiger partial charge on any atom is -0.465 e. The largest absolute Gasteiger partial charge is 0.465 e. The quantitative estimate of drug-likeness (QED) is 0.670. The molecule has 0 saturated carbocycles. The van der Waals surface area contributed by atoms with Gasteiger partial charge in [-0.1, -0.05) is 0 Å². The van der Waals surface area contributed by atoms with Crippen molar-refractivity contribution in [3.8, 4) is 0 Å². The number of ether oxygens (including phenoxy) is 1. The molecule has 0 fully saturated rings. The van der Waals surface area contributed by atoms with Gasteiger partial charge in [0.05, 0.1) is 23.9 Å². The maximum Gasteiger partial charge on any atom is 0.338 e. The molecule has 116 valence electrons. The van der Waals surface area contributed by atoms with Crippen LogP contribution in [0.5, 0.6) is 0 Å². The Labute approximate surface area is 129 Å². The molecule has 0 aliphatic carbocycles. The zero-order valence-electron chi connectivity index (χ0n) is 13.2. The highest BCUT2D eigenvalue weighted by molar-refractivity contribution is 6.12. The first-order valence-electron chi connectivity index (χ1n) is 6.98. The second-order valence-electron chi connectivity index (χ2n) is 5.30. The molecule has 2 rings (SSSR count). The number of rotatable bonds is 4. The lowest BCUT2D eigenvalue weighted by Crippen LogP contribution is -2.06. The molecule has 2 aromatic rings. The normalized spacial score (nSPS) is 12.0. The topological polar surface area (TPSA) is 94.0 Å². The third-order valence-corrected chi connectivity index (χ3v) is 3.55. The minimum atomic E-state index is -0.431. The van der Waals surface area contributed by atoms with Crippen molar-refractivity contribution in [1.29, 1.82) is 5.41 Å². The van der Waals surface area contributed by atoms with E-state index in [9.17, 15) is 4.79 Å². The second kappa shape index (κ2) is 6.01. The fourth-order valence-electron chi connectivity index (χ4n) is 2.51. The Morgan fingerprint density at radius 3 is 2.64 bits per heavy atom. The summed E-state index contributed by atoms with van der Waals surface area (Å²) in [7, 11) is 1.35. The first kappa shape index (κ1) is 15.8. The van der Waals surface area contributed by atoms with E-state index < -0.39 is 5.97 Å². The molecule has 6 nitrogen and oxygen atoms in total. The number of hydrogen-bond acceptors (Lipinski definition) is 5. The second-order valence-corrected chi connectivity index (χ2v) is 5.30. The molecular weight excluding hydrogens is 280 g/mol. The van der Waals surface area contributed by atoms with Gasteiger partial charge in [0.2, 0.25) is 0 Å². The van der Waals surface area contributed by atoms with Crippen molar-refractivity contribution in [2.45, 2.75) is 26.8 Å². The summed E-state index contributed by atoms with van der Waals surface area (Å²) in [6, 6.07) is 3.73. The lowest BCUT2D eigenvalue weighted by Gasteiger charge is -2.10. The molecule has 0 bridgehead atoms. The number of esters is 1. The monoisotopic (exact) mass is 300 g/mol. The number of nitrogens with two attached hydrogens (primary N) is 1. The van der Waals surface area contributed by atoms with Gasteiger partial charge in [0, 0.05) is 29.4 Å². The molecular formula is C16H20N4O2. The minimum absolute atomic E-state index is 0.141. The molecule has 1 aromatic carbocycles. The highest BCUT2D eigenvalue weighted by Gasteiger charge is 2.20. The van der Waals surface area contributed by atoms with Crippen LogP contribution in [0.1, 0.15) is 41.5 Å². The Kier molecular flexibility index (Phi) is 4.30. The van der Waals surface area contributed by atoms with Crippen LogP contribution in [0.15, 0.2) is 18.3 Å². The number of nitrogens with zero attached hydrogens (tertiary/aromatic N) is 2. The van der Waals surface area contributed by atoms with Crippen molar-refractivity contribution in [3.63, 3.8) is 0 Å². The molecule has 6 heteroatoms. The molecule has 0 radical (unpaired) electrons. The number of methoxy groups -OCH3 is 1. The molecule has 0 atom stereocenters. The van der Waals surface area contributed by atoms with Crippen LogP contribution >= 0.6 is 0 Å². The number of nitrogens with one attached hydrogen (secondary N) is 1. The Bertz CT molecular complexity index is 772. The van der Waals surface area contributed by atoms with E-state index in [4.69, 9.17) is 15.9 Å². The molecule has 0 spiro atoms. The fourth-order valence-corrected chi connectivity index (χ4v) is 2.51. The van der Waals surface area contributed by atoms with Crippen LogP contribution in [0.4, 0.5) is 0 Å². The predicted octanol–water partition coefficient (Wildman–Crippen LogP) is 2.66. The van der Waals surface area contributed by atoms with Crippen LogP contribution in [-0.4, -0.2) is 29.1 Å². The predicted molar refractivity (Wildman–Crippen MR) is 87.1 cm³/mol. The molecule has 1 heterocycles. The highest BCUT2D eigenvalue weighted by atomic mass is 16.5. The van der Waals surface area contributed by atoms with Crippen LogP contribution in [-0.2, 0) is 4.74 Å². The molecule has 0 amide bonds. The Morgan fingerprint density at radius 1 is 1.45 bits per heavy atom. The lowest BCUT2D eigenvalue weighted by molar-refractivity contribution is 0.0603. The van der Waals surface area contributed by atoms with Crippen LogP contribution in [0, 0.1) is 12.3 Å². The maximum absolute atomic E-state index is 12.1. The molecule has 0 saturated heterocycles. The van der Waals surface area contributed by atoms with E-state index in [1.165, 1.54) is 13.3 Å². The average Bonchev–Trinajstić information content (AvgIpc) is 2.84. The Morgan fingerprint density at radius 2 is 2.14 bits per heavy atom. The maximum atomic E-state index is 12.1. The van der Waals surface area contributed by atoms with Gasteiger partial charge in [-0.2, -0.15) is 5.10 Å². The molecule has 0 aliphatic heterocycles. The van der Waals surface area contributed by atoms with Crippen LogP contribution < -0.4 is 5.73 Å². The summed E-state index contributed by atoms with van der Waals surface area (Å²) >= 11 is 0. The van der Waals surface area contributed by atoms with Gasteiger partial charge in [-0.3, -0.25) is 4.68 Å². The van der Waals surface area contributed by atoms with E-state index in [1.54, 1.807) is 6.07 Å². The number of carbonyl (C=O) groups excluding carboxylic acids is 1. The van der Waals surface area contributed by atoms with Gasteiger partial charge < -0.3 is 15.9 Å². The Hall–Kier alpha value is -2.63. The average molecular weight is 300 g/mol. The van der Waals surface area contributed by atoms with Gasteiger partial charge in [-0.05, 0) is 38.5 Å². The van der Waals surface area contributed by atoms with E-state index in [0.29, 0.717) is 16.7 Å². The number of aromatic nitrogens is 2. The zero-order valence-corrected chi connectivity index (χ0v) is 13.2. The summed E-state index contributed by atoms with van der Waals surface area (Å²) in [5.74, 6) is -0.431. The van der Waals surface area contributed by atoms with Crippen LogP contribution in [0.3, 0.4) is 0 Å². The van der Waals surface area contributed by atoms with Gasteiger partial charge >= 0.3 is 5.97 Å². The highest BCUT2D eigenvalue weighted by Crippen LogP contribution is 2.29. The van der Waals surface area contributed by atoms with Gasteiger partial charge in [-0.15, -0.1) is 0 Å². The van der Waals surface area contributed by atoms with Gasteiger partial charge in [0.1, 0.15) is 0 Å². The summed E-state index contributed by atoms with van der Waals surface area (Å²) < 4.78 is 6.75. The first-order valence-corrected chi connectivity index (χ1v) is 6.98. The molecule has 3 N–H and O–H groups in total. The number of aryl methyl sites for hydroxylation is 1. The molecule has 1 aromatic heterocycles. The van der Waals surface area contributed by atoms with Gasteiger partial charge in [0.25, 0.3) is 0 Å². The third-order valence-electron chi connectivity index (χ3n) is 3.55. The number of carbonyl (C=O) groups is 1. The zero-order chi connectivity index (χ0) is 16.4. The van der Waals surface area contributed by atoms with Crippen molar-refractivity contribution >= 4 is 28.7 Å². The summed E-state index contributed by atoms with van der Waals surface area (Å²) in [4.78, 5) is 12.1. The van der Waals surface area contributed by atoms with Crippen molar-refractivity contribution in [1.82, 2.24) is 9.78 Å². The van der Waals surface area contributed by atoms with Crippen molar-refractivity contribution in [2.75, 3.05) is 7.11 Å². The van der Waals surface area contributed by atoms with E-state index in [-0.39, 0.29) is 6.04 Å². The molecule has 0 aliphatic rings. The number of hydrogen-bond donors (Lipinski definition) is 2. The molecule has 0 unspecified atom stereocenters. The summed E-state index contributed by atoms with van der Waals surface area (Å²) in [5.41, 5.74) is 8.81. The molecule has 22 heavy (non-hydrogen) atoms. The third kappa shape index (κ3) is 2.47. The number of allylic oxidation sites excluding steroid dienone is 1. The van der Waals surface area contributed by atoms with Crippen molar-refractivity contribution in [3.05, 3.63) is 35.2 Å². The standard InChI is InChI=1S/C16H20N4O2/c1-9(2)20-14-6-11(12(7-17)8-18)5-13(16(21)22-4)15(14)10(3)19-20/h5-9,17H,18H2,1-4H3/b12-8+,17-7?. The van der Waals surface area contributed by atoms with Gasteiger partial charge in [0.15, 0.2) is 0 Å². The van der Waals surface area contributed by atoms with Crippen LogP contribution in [0.2, 0.25) is 0 Å². The van der Waals surface area contributed by atoms with E-state index in [0.717, 1.165) is 22.8 Å². The summed E-state index contributed by atoms with van der Waals surface area (Å²) in [6.07, 6.45) is 2.50. The smallest absolute Gasteiger partial charge is 0.338 e. The lowest BCUT2D eigenvalue weighted by atomic mass is 9.99. The fraction of sp³-hybridized carbons (Fsp3) is 0.312. The van der Waals surface area contributed by atoms with E-state index in [2.05, 4.69) is 5.10 Å². The van der Waals surface area contributed by atoms with Gasteiger partial charge in [-0.25, -0.2) is 4.79 Å². The first-order chi connectivity index (χ1) is 10.4. The summed E-state index contributed by atoms with van der Waals surface area (Å²) in [6.45, 7) is 5.91. The van der Waals surface area contributed by atoms with E-state index >= 15 is 0 Å².